The van der Waals surface area contributed by atoms with Gasteiger partial charge in [-0.1, -0.05) is 19.3 Å². The molecule has 1 saturated heterocycles. The van der Waals surface area contributed by atoms with E-state index in [1.165, 1.54) is 19.3 Å². The lowest BCUT2D eigenvalue weighted by molar-refractivity contribution is -0.212. The molecule has 3 fully saturated rings. The van der Waals surface area contributed by atoms with E-state index in [0.717, 1.165) is 26.1 Å². The molecule has 3 heteroatoms. The van der Waals surface area contributed by atoms with Gasteiger partial charge in [-0.2, -0.15) is 0 Å². The molecule has 0 aromatic rings. The largest absolute Gasteiger partial charge is 0.376 e. The molecule has 1 atom stereocenters. The summed E-state index contributed by atoms with van der Waals surface area (Å²) in [6.45, 7) is 1.45. The molecular weight excluding hydrogens is 192 g/mol. The molecule has 15 heavy (non-hydrogen) atoms. The summed E-state index contributed by atoms with van der Waals surface area (Å²) in [6.07, 6.45) is 6.93. The Morgan fingerprint density at radius 2 is 1.93 bits per heavy atom. The molecule has 0 bridgehead atoms. The minimum atomic E-state index is -0.0756. The van der Waals surface area contributed by atoms with E-state index in [9.17, 15) is 4.79 Å². The first-order chi connectivity index (χ1) is 7.31. The number of hydrogen-bond acceptors (Lipinski definition) is 3. The van der Waals surface area contributed by atoms with Gasteiger partial charge in [-0.05, 0) is 12.8 Å². The molecule has 2 saturated carbocycles. The average Bonchev–Trinajstić information content (AvgIpc) is 2.22. The van der Waals surface area contributed by atoms with Crippen molar-refractivity contribution in [2.75, 3.05) is 13.2 Å². The molecule has 3 nitrogen and oxygen atoms in total. The Morgan fingerprint density at radius 3 is 2.47 bits per heavy atom. The van der Waals surface area contributed by atoms with E-state index >= 15 is 0 Å². The Morgan fingerprint density at radius 1 is 1.20 bits per heavy atom. The Balaban J connectivity index is 1.65. The van der Waals surface area contributed by atoms with Gasteiger partial charge in [0.2, 0.25) is 0 Å². The van der Waals surface area contributed by atoms with E-state index in [0.29, 0.717) is 12.2 Å². The standard InChI is InChI=1S/C12H18O3/c13-10-6-11(15-9-7-14-8-9)12(10)4-2-1-3-5-12/h9,11H,1-8H2. The molecule has 1 unspecified atom stereocenters. The van der Waals surface area contributed by atoms with Crippen LogP contribution in [0.15, 0.2) is 0 Å². The second-order valence-corrected chi connectivity index (χ2v) is 5.13. The van der Waals surface area contributed by atoms with Crippen molar-refractivity contribution < 1.29 is 14.3 Å². The van der Waals surface area contributed by atoms with Crippen LogP contribution >= 0.6 is 0 Å². The number of carbonyl (C=O) groups excluding carboxylic acids is 1. The first-order valence-electron chi connectivity index (χ1n) is 6.08. The molecule has 1 heterocycles. The van der Waals surface area contributed by atoms with Crippen LogP contribution in [-0.2, 0) is 14.3 Å². The third-order valence-electron chi connectivity index (χ3n) is 4.25. The minimum absolute atomic E-state index is 0.0756. The fourth-order valence-corrected chi connectivity index (χ4v) is 3.10. The van der Waals surface area contributed by atoms with Crippen molar-refractivity contribution in [2.45, 2.75) is 50.7 Å². The molecule has 3 rings (SSSR count). The minimum Gasteiger partial charge on any atom is -0.376 e. The number of ketones is 1. The number of Topliss-reactive ketones (excluding diaryl/α,β-unsaturated/α-hetero) is 1. The third-order valence-corrected chi connectivity index (χ3v) is 4.25. The van der Waals surface area contributed by atoms with Crippen LogP contribution in [0, 0.1) is 5.41 Å². The van der Waals surface area contributed by atoms with Crippen LogP contribution in [-0.4, -0.2) is 31.2 Å². The smallest absolute Gasteiger partial charge is 0.144 e. The van der Waals surface area contributed by atoms with Crippen LogP contribution in [0.2, 0.25) is 0 Å². The zero-order chi connectivity index (χ0) is 10.3. The van der Waals surface area contributed by atoms with Crippen LogP contribution in [0.25, 0.3) is 0 Å². The SMILES string of the molecule is O=C1CC(OC2COC2)C12CCCCC2. The Kier molecular flexibility index (Phi) is 2.33. The average molecular weight is 210 g/mol. The number of carbonyl (C=O) groups is 1. The Labute approximate surface area is 90.1 Å². The number of hydrogen-bond donors (Lipinski definition) is 0. The zero-order valence-corrected chi connectivity index (χ0v) is 9.04. The molecule has 0 radical (unpaired) electrons. The maximum Gasteiger partial charge on any atom is 0.144 e. The second kappa shape index (κ2) is 3.56. The summed E-state index contributed by atoms with van der Waals surface area (Å²) in [5.74, 6) is 0.451. The van der Waals surface area contributed by atoms with Crippen molar-refractivity contribution in [3.8, 4) is 0 Å². The predicted molar refractivity (Wildman–Crippen MR) is 54.6 cm³/mol. The van der Waals surface area contributed by atoms with Gasteiger partial charge in [-0.25, -0.2) is 0 Å². The normalized spacial score (nSPS) is 34.9. The summed E-state index contributed by atoms with van der Waals surface area (Å²) in [7, 11) is 0. The maximum absolute atomic E-state index is 11.8. The molecule has 0 N–H and O–H groups in total. The lowest BCUT2D eigenvalue weighted by Gasteiger charge is -2.51. The van der Waals surface area contributed by atoms with Crippen molar-refractivity contribution in [1.82, 2.24) is 0 Å². The molecule has 84 valence electrons. The fourth-order valence-electron chi connectivity index (χ4n) is 3.10. The van der Waals surface area contributed by atoms with Gasteiger partial charge >= 0.3 is 0 Å². The number of ether oxygens (including phenoxy) is 2. The van der Waals surface area contributed by atoms with E-state index in [1.807, 2.05) is 0 Å². The Bertz CT molecular complexity index is 264. The summed E-state index contributed by atoms with van der Waals surface area (Å²) in [5, 5.41) is 0. The highest BCUT2D eigenvalue weighted by atomic mass is 16.6. The lowest BCUT2D eigenvalue weighted by Crippen LogP contribution is -2.58. The van der Waals surface area contributed by atoms with E-state index in [2.05, 4.69) is 0 Å². The topological polar surface area (TPSA) is 35.5 Å². The van der Waals surface area contributed by atoms with Gasteiger partial charge in [-0.3, -0.25) is 4.79 Å². The van der Waals surface area contributed by atoms with Crippen LogP contribution in [0.1, 0.15) is 38.5 Å². The van der Waals surface area contributed by atoms with E-state index in [1.54, 1.807) is 0 Å². The van der Waals surface area contributed by atoms with Crippen LogP contribution < -0.4 is 0 Å². The molecule has 2 aliphatic carbocycles. The first-order valence-corrected chi connectivity index (χ1v) is 6.08. The van der Waals surface area contributed by atoms with Gasteiger partial charge in [-0.15, -0.1) is 0 Å². The highest BCUT2D eigenvalue weighted by Crippen LogP contribution is 2.50. The molecule has 1 aliphatic heterocycles. The fraction of sp³-hybridized carbons (Fsp3) is 0.917. The summed E-state index contributed by atoms with van der Waals surface area (Å²) in [5.41, 5.74) is -0.0756. The summed E-state index contributed by atoms with van der Waals surface area (Å²) in [4.78, 5) is 11.8. The summed E-state index contributed by atoms with van der Waals surface area (Å²) < 4.78 is 11.0. The van der Waals surface area contributed by atoms with Crippen LogP contribution in [0.5, 0.6) is 0 Å². The van der Waals surface area contributed by atoms with E-state index < -0.39 is 0 Å². The highest BCUT2D eigenvalue weighted by molar-refractivity contribution is 5.92. The molecule has 0 aromatic carbocycles. The lowest BCUT2D eigenvalue weighted by atomic mass is 9.57. The predicted octanol–water partition coefficient (Wildman–Crippen LogP) is 1.69. The van der Waals surface area contributed by atoms with Crippen molar-refractivity contribution in [3.63, 3.8) is 0 Å². The van der Waals surface area contributed by atoms with Crippen molar-refractivity contribution in [2.24, 2.45) is 5.41 Å². The molecule has 1 spiro atoms. The molecule has 0 aromatic heterocycles. The van der Waals surface area contributed by atoms with Gasteiger partial charge in [0.15, 0.2) is 0 Å². The van der Waals surface area contributed by atoms with Crippen molar-refractivity contribution in [1.29, 1.82) is 0 Å². The molecule has 3 aliphatic rings. The van der Waals surface area contributed by atoms with Crippen molar-refractivity contribution in [3.05, 3.63) is 0 Å². The number of rotatable bonds is 2. The third kappa shape index (κ3) is 1.44. The van der Waals surface area contributed by atoms with Crippen LogP contribution in [0.3, 0.4) is 0 Å². The second-order valence-electron chi connectivity index (χ2n) is 5.13. The highest BCUT2D eigenvalue weighted by Gasteiger charge is 2.56. The summed E-state index contributed by atoms with van der Waals surface area (Å²) >= 11 is 0. The van der Waals surface area contributed by atoms with Gasteiger partial charge in [0.05, 0.1) is 24.7 Å². The van der Waals surface area contributed by atoms with Crippen LogP contribution in [0.4, 0.5) is 0 Å². The van der Waals surface area contributed by atoms with Gasteiger partial charge in [0.1, 0.15) is 11.9 Å². The summed E-state index contributed by atoms with van der Waals surface area (Å²) in [6, 6.07) is 0. The van der Waals surface area contributed by atoms with Gasteiger partial charge in [0.25, 0.3) is 0 Å². The first kappa shape index (κ1) is 9.79. The quantitative estimate of drug-likeness (QED) is 0.695. The maximum atomic E-state index is 11.8. The Hall–Kier alpha value is -0.410. The monoisotopic (exact) mass is 210 g/mol. The van der Waals surface area contributed by atoms with Gasteiger partial charge in [0, 0.05) is 6.42 Å². The van der Waals surface area contributed by atoms with Gasteiger partial charge < -0.3 is 9.47 Å². The molecule has 0 amide bonds. The zero-order valence-electron chi connectivity index (χ0n) is 9.04. The van der Waals surface area contributed by atoms with E-state index in [4.69, 9.17) is 9.47 Å². The molecular formula is C12H18O3. The van der Waals surface area contributed by atoms with E-state index in [-0.39, 0.29) is 17.6 Å². The van der Waals surface area contributed by atoms with Crippen molar-refractivity contribution >= 4 is 5.78 Å².